The number of alkyl halides is 3. The smallest absolute Gasteiger partial charge is 0.422 e. The summed E-state index contributed by atoms with van der Waals surface area (Å²) in [5, 5.41) is 23.3. The Morgan fingerprint density at radius 1 is 0.912 bits per heavy atom. The number of carbonyl (C=O) groups excluding carboxylic acids is 3. The highest BCUT2D eigenvalue weighted by Crippen LogP contribution is 2.48. The van der Waals surface area contributed by atoms with Gasteiger partial charge >= 0.3 is 30.0 Å². The Morgan fingerprint density at radius 2 is 1.60 bits per heavy atom. The zero-order valence-electron chi connectivity index (χ0n) is 30.5. The number of hydrogen-bond donors (Lipinski definition) is 6. The van der Waals surface area contributed by atoms with E-state index < -0.39 is 54.1 Å². The van der Waals surface area contributed by atoms with Crippen LogP contribution in [0.1, 0.15) is 35.2 Å². The highest BCUT2D eigenvalue weighted by molar-refractivity contribution is 6.39. The van der Waals surface area contributed by atoms with Crippen LogP contribution in [0, 0.1) is 0 Å². The van der Waals surface area contributed by atoms with Gasteiger partial charge in [-0.15, -0.1) is 0 Å². The van der Waals surface area contributed by atoms with Crippen LogP contribution in [0.5, 0.6) is 11.9 Å². The highest BCUT2D eigenvalue weighted by Gasteiger charge is 2.45. The number of nitrogens with zero attached hydrogens (tertiary/aromatic N) is 5. The van der Waals surface area contributed by atoms with Crippen molar-refractivity contribution in [1.82, 2.24) is 35.5 Å². The molecular weight excluding hydrogens is 777 g/mol. The molecule has 1 fully saturated rings. The number of pyridine rings is 1. The molecule has 0 saturated heterocycles. The summed E-state index contributed by atoms with van der Waals surface area (Å²) >= 11 is 6.02. The molecule has 2 aromatic heterocycles. The van der Waals surface area contributed by atoms with Crippen molar-refractivity contribution in [3.05, 3.63) is 83.0 Å². The Labute approximate surface area is 328 Å². The number of carboxylic acid groups (broad SMARTS) is 1. The fourth-order valence-electron chi connectivity index (χ4n) is 5.08. The fraction of sp³-hybridized carbons (Fsp3) is 0.333. The van der Waals surface area contributed by atoms with Crippen LogP contribution in [0.4, 0.5) is 36.4 Å². The number of carboxylic acids is 1. The lowest BCUT2D eigenvalue weighted by Gasteiger charge is -2.19. The van der Waals surface area contributed by atoms with E-state index in [0.717, 1.165) is 5.56 Å². The molecule has 0 radical (unpaired) electrons. The predicted molar refractivity (Wildman–Crippen MR) is 201 cm³/mol. The summed E-state index contributed by atoms with van der Waals surface area (Å²) in [5.41, 5.74) is 0.924. The number of aromatic nitrogens is 4. The Kier molecular flexibility index (Phi) is 13.6. The maximum Gasteiger partial charge on any atom is 0.422 e. The molecule has 1 saturated carbocycles. The monoisotopic (exact) mass is 814 g/mol. The lowest BCUT2D eigenvalue weighted by atomic mass is 10.1. The molecule has 1 aliphatic carbocycles. The second-order valence-electron chi connectivity index (χ2n) is 13.0. The number of benzene rings is 2. The molecule has 17 nitrogen and oxygen atoms in total. The first-order valence-electron chi connectivity index (χ1n) is 17.3. The quantitative estimate of drug-likeness (QED) is 0.0783. The summed E-state index contributed by atoms with van der Waals surface area (Å²) < 4.78 is 49.1. The zero-order valence-corrected chi connectivity index (χ0v) is 31.3. The third-order valence-electron chi connectivity index (χ3n) is 8.19. The van der Waals surface area contributed by atoms with E-state index in [2.05, 4.69) is 46.5 Å². The first kappa shape index (κ1) is 41.9. The van der Waals surface area contributed by atoms with E-state index in [1.807, 2.05) is 31.1 Å². The summed E-state index contributed by atoms with van der Waals surface area (Å²) in [6, 6.07) is 13.7. The van der Waals surface area contributed by atoms with Crippen molar-refractivity contribution >= 4 is 58.6 Å². The molecule has 0 unspecified atom stereocenters. The molecule has 57 heavy (non-hydrogen) atoms. The van der Waals surface area contributed by atoms with Gasteiger partial charge in [-0.3, -0.25) is 14.4 Å². The van der Waals surface area contributed by atoms with E-state index >= 15 is 0 Å². The number of carbonyl (C=O) groups is 4. The van der Waals surface area contributed by atoms with Gasteiger partial charge in [0.05, 0.1) is 17.4 Å². The maximum atomic E-state index is 12.9. The number of amides is 3. The topological polar surface area (TPSA) is 222 Å². The molecular formula is C36H38ClF3N10O7. The molecule has 5 rings (SSSR count). The number of ether oxygens (including phenoxy) is 2. The Balaban J connectivity index is 1.14. The lowest BCUT2D eigenvalue weighted by Crippen LogP contribution is -2.44. The molecule has 4 aromatic rings. The van der Waals surface area contributed by atoms with E-state index in [-0.39, 0.29) is 36.1 Å². The van der Waals surface area contributed by atoms with Gasteiger partial charge in [0, 0.05) is 35.4 Å². The van der Waals surface area contributed by atoms with E-state index in [0.29, 0.717) is 42.6 Å². The minimum absolute atomic E-state index is 0.0473. The summed E-state index contributed by atoms with van der Waals surface area (Å²) in [6.07, 6.45) is -2.20. The maximum absolute atomic E-state index is 12.9. The molecule has 0 aliphatic heterocycles. The van der Waals surface area contributed by atoms with E-state index in [1.54, 1.807) is 12.1 Å². The Hall–Kier alpha value is -6.28. The van der Waals surface area contributed by atoms with Crippen LogP contribution >= 0.6 is 11.6 Å². The Bertz CT molecular complexity index is 2040. The van der Waals surface area contributed by atoms with Gasteiger partial charge in [0.1, 0.15) is 12.6 Å². The van der Waals surface area contributed by atoms with Crippen molar-refractivity contribution in [2.24, 2.45) is 0 Å². The molecule has 6 N–H and O–H groups in total. The molecule has 2 heterocycles. The van der Waals surface area contributed by atoms with Crippen LogP contribution in [0.25, 0.3) is 0 Å². The van der Waals surface area contributed by atoms with Gasteiger partial charge in [0.2, 0.25) is 17.8 Å². The number of hydrogen-bond acceptors (Lipinski definition) is 13. The third-order valence-corrected chi connectivity index (χ3v) is 8.44. The number of likely N-dealkylation sites (N-methyl/N-ethyl adjacent to an activating group) is 1. The van der Waals surface area contributed by atoms with Gasteiger partial charge in [-0.1, -0.05) is 23.7 Å². The number of rotatable bonds is 18. The van der Waals surface area contributed by atoms with Crippen molar-refractivity contribution in [1.29, 1.82) is 0 Å². The van der Waals surface area contributed by atoms with Crippen molar-refractivity contribution in [3.63, 3.8) is 0 Å². The van der Waals surface area contributed by atoms with Gasteiger partial charge in [-0.2, -0.15) is 28.1 Å². The van der Waals surface area contributed by atoms with Gasteiger partial charge in [-0.25, -0.2) is 9.78 Å². The highest BCUT2D eigenvalue weighted by atomic mass is 35.5. The zero-order chi connectivity index (χ0) is 41.2. The summed E-state index contributed by atoms with van der Waals surface area (Å²) in [7, 11) is 3.79. The average molecular weight is 815 g/mol. The normalized spacial score (nSPS) is 13.5. The second-order valence-corrected chi connectivity index (χ2v) is 13.4. The molecule has 21 heteroatoms. The first-order chi connectivity index (χ1) is 27.1. The predicted octanol–water partition coefficient (Wildman–Crippen LogP) is 3.97. The minimum Gasteiger partial charge on any atom is -0.480 e. The summed E-state index contributed by atoms with van der Waals surface area (Å²) in [5.74, 6) is -4.06. The average Bonchev–Trinajstić information content (AvgIpc) is 3.94. The molecule has 2 aromatic carbocycles. The number of nitrogens with one attached hydrogen (secondary N) is 5. The SMILES string of the molecule is CN(C)CCOc1ccc(NC(=O)C(=O)NCC[C@H](NC(=O)c2ccc(Nc3nc(NC4(c5ccc(Cl)cc5)CC4)nc(OCC(F)(F)F)n3)cc2)C(=O)O)cn1. The minimum atomic E-state index is -4.65. The van der Waals surface area contributed by atoms with Gasteiger partial charge < -0.3 is 46.1 Å². The molecule has 0 bridgehead atoms. The van der Waals surface area contributed by atoms with Gasteiger partial charge in [0.25, 0.3) is 5.91 Å². The molecule has 0 spiro atoms. The van der Waals surface area contributed by atoms with Crippen LogP contribution in [0.15, 0.2) is 66.9 Å². The van der Waals surface area contributed by atoms with Crippen LogP contribution in [0.2, 0.25) is 5.02 Å². The third kappa shape index (κ3) is 12.9. The molecule has 1 atom stereocenters. The van der Waals surface area contributed by atoms with E-state index in [1.165, 1.54) is 42.6 Å². The van der Waals surface area contributed by atoms with E-state index in [4.69, 9.17) is 21.1 Å². The van der Waals surface area contributed by atoms with Crippen molar-refractivity contribution < 1.29 is 46.9 Å². The van der Waals surface area contributed by atoms with Crippen molar-refractivity contribution in [2.75, 3.05) is 56.3 Å². The summed E-state index contributed by atoms with van der Waals surface area (Å²) in [6.45, 7) is -0.816. The number of halogens is 4. The van der Waals surface area contributed by atoms with Gasteiger partial charge in [0.15, 0.2) is 6.61 Å². The van der Waals surface area contributed by atoms with Crippen LogP contribution in [0.3, 0.4) is 0 Å². The summed E-state index contributed by atoms with van der Waals surface area (Å²) in [4.78, 5) is 67.8. The standard InChI is InChI=1S/C36H38ClF3N10O7/c1-50(2)17-18-56-27-12-11-25(19-42-27)43-30(53)29(52)41-16-13-26(31(54)55)45-28(51)21-3-9-24(10-4-21)44-32-46-33(48-34(47-32)57-20-36(38,39)40)49-35(14-15-35)22-5-7-23(37)8-6-22/h3-12,19,26H,13-18,20H2,1-2H3,(H,41,52)(H,43,53)(H,45,51)(H,54,55)(H2,44,46,47,48,49)/t26-/m0/s1. The van der Waals surface area contributed by atoms with Crippen LogP contribution < -0.4 is 36.1 Å². The molecule has 1 aliphatic rings. The lowest BCUT2D eigenvalue weighted by molar-refractivity contribution is -0.154. The van der Waals surface area contributed by atoms with Gasteiger partial charge in [-0.05, 0) is 81.4 Å². The fourth-order valence-corrected chi connectivity index (χ4v) is 5.20. The van der Waals surface area contributed by atoms with Crippen molar-refractivity contribution in [2.45, 2.75) is 37.0 Å². The second kappa shape index (κ2) is 18.6. The number of aliphatic carboxylic acids is 1. The first-order valence-corrected chi connectivity index (χ1v) is 17.7. The Morgan fingerprint density at radius 3 is 2.21 bits per heavy atom. The largest absolute Gasteiger partial charge is 0.480 e. The number of anilines is 4. The van der Waals surface area contributed by atoms with Crippen LogP contribution in [-0.2, 0) is 19.9 Å². The van der Waals surface area contributed by atoms with Crippen molar-refractivity contribution in [3.8, 4) is 11.9 Å². The van der Waals surface area contributed by atoms with E-state index in [9.17, 15) is 37.5 Å². The molecule has 302 valence electrons. The molecule has 3 amide bonds. The van der Waals surface area contributed by atoms with Crippen LogP contribution in [-0.4, -0.2) is 106 Å².